The summed E-state index contributed by atoms with van der Waals surface area (Å²) in [4.78, 5) is 18.2. The Morgan fingerprint density at radius 1 is 0.381 bits per heavy atom. The second-order valence-electron chi connectivity index (χ2n) is 17.3. The van der Waals surface area contributed by atoms with Crippen LogP contribution in [0.4, 0.5) is 0 Å². The highest BCUT2D eigenvalue weighted by Crippen LogP contribution is 2.53. The van der Waals surface area contributed by atoms with Gasteiger partial charge in [0.05, 0.1) is 5.52 Å². The number of hydrogen-bond acceptors (Lipinski definition) is 3. The largest absolute Gasteiger partial charge is 0.354 e. The SMILES string of the molecule is Cc1nc(-c2ccc(-c3ccccc3)cc2)nc(-c2ccc(-c3cccc(-c4ccc5c(c4)-c4cccc(-c6cccc7c6[nH]c6cc8ccccc8cc67)c4C5(C)C)c3)cc2)n1. The Labute approximate surface area is 366 Å². The van der Waals surface area contributed by atoms with Gasteiger partial charge in [0, 0.05) is 38.4 Å². The molecule has 9 aromatic carbocycles. The summed E-state index contributed by atoms with van der Waals surface area (Å²) in [6, 6.07) is 70.1. The standard InChI is InChI=1S/C59H42N4/c1-36-60-57(40-26-22-38(23-27-40)37-12-5-4-6-13-37)63-58(61-36)41-28-24-39(25-29-41)42-16-9-17-43(32-42)46-30-31-53-51(33-46)48-19-10-18-47(55(48)59(53,2)3)49-20-11-21-50-52-34-44-14-7-8-15-45(44)35-54(52)62-56(49)50/h4-35,62H,1-3H3. The predicted octanol–water partition coefficient (Wildman–Crippen LogP) is 15.3. The minimum Gasteiger partial charge on any atom is -0.354 e. The van der Waals surface area contributed by atoms with Crippen molar-refractivity contribution in [3.05, 3.63) is 211 Å². The molecule has 0 unspecified atom stereocenters. The summed E-state index contributed by atoms with van der Waals surface area (Å²) in [6.07, 6.45) is 0. The van der Waals surface area contributed by atoms with Gasteiger partial charge in [-0.1, -0.05) is 184 Å². The van der Waals surface area contributed by atoms with Gasteiger partial charge in [0.2, 0.25) is 0 Å². The van der Waals surface area contributed by atoms with Crippen molar-refractivity contribution in [2.24, 2.45) is 0 Å². The van der Waals surface area contributed by atoms with Crippen LogP contribution in [0.3, 0.4) is 0 Å². The summed E-state index contributed by atoms with van der Waals surface area (Å²) in [7, 11) is 0. The van der Waals surface area contributed by atoms with Crippen LogP contribution in [0.25, 0.3) is 111 Å². The first-order valence-electron chi connectivity index (χ1n) is 21.7. The van der Waals surface area contributed by atoms with E-state index in [1.54, 1.807) is 0 Å². The van der Waals surface area contributed by atoms with E-state index in [1.807, 2.05) is 13.0 Å². The lowest BCUT2D eigenvalue weighted by Crippen LogP contribution is -2.16. The average Bonchev–Trinajstić information content (AvgIpc) is 3.81. The minimum atomic E-state index is -0.183. The molecule has 0 fully saturated rings. The molecule has 1 N–H and O–H groups in total. The van der Waals surface area contributed by atoms with Crippen molar-refractivity contribution >= 4 is 32.6 Å². The normalized spacial score (nSPS) is 12.8. The molecule has 0 saturated carbocycles. The lowest BCUT2D eigenvalue weighted by Gasteiger charge is -2.25. The summed E-state index contributed by atoms with van der Waals surface area (Å²) in [6.45, 7) is 6.69. The van der Waals surface area contributed by atoms with E-state index in [1.165, 1.54) is 82.6 Å². The zero-order valence-electron chi connectivity index (χ0n) is 35.3. The quantitative estimate of drug-likeness (QED) is 0.182. The lowest BCUT2D eigenvalue weighted by atomic mass is 9.78. The van der Waals surface area contributed by atoms with Crippen molar-refractivity contribution < 1.29 is 0 Å². The Morgan fingerprint density at radius 3 is 1.60 bits per heavy atom. The zero-order valence-corrected chi connectivity index (χ0v) is 35.3. The predicted molar refractivity (Wildman–Crippen MR) is 262 cm³/mol. The maximum absolute atomic E-state index is 4.92. The van der Waals surface area contributed by atoms with Crippen LogP contribution in [0.2, 0.25) is 0 Å². The molecule has 298 valence electrons. The van der Waals surface area contributed by atoms with Crippen molar-refractivity contribution in [2.45, 2.75) is 26.2 Å². The molecule has 1 aliphatic carbocycles. The first-order valence-corrected chi connectivity index (χ1v) is 21.7. The number of aromatic nitrogens is 4. The molecule has 11 aromatic rings. The number of para-hydroxylation sites is 1. The molecule has 2 aromatic heterocycles. The molecular formula is C59H42N4. The number of fused-ring (bicyclic) bond motifs is 7. The summed E-state index contributed by atoms with van der Waals surface area (Å²) in [5.74, 6) is 2.03. The van der Waals surface area contributed by atoms with Gasteiger partial charge in [0.25, 0.3) is 0 Å². The fraction of sp³-hybridized carbons (Fsp3) is 0.0678. The third-order valence-electron chi connectivity index (χ3n) is 13.1. The summed E-state index contributed by atoms with van der Waals surface area (Å²) >= 11 is 0. The summed E-state index contributed by atoms with van der Waals surface area (Å²) < 4.78 is 0. The van der Waals surface area contributed by atoms with E-state index in [0.29, 0.717) is 17.5 Å². The zero-order chi connectivity index (χ0) is 42.2. The van der Waals surface area contributed by atoms with E-state index in [0.717, 1.165) is 27.8 Å². The molecule has 0 amide bonds. The fourth-order valence-corrected chi connectivity index (χ4v) is 10.0. The molecule has 4 nitrogen and oxygen atoms in total. The Morgan fingerprint density at radius 2 is 0.889 bits per heavy atom. The van der Waals surface area contributed by atoms with E-state index in [2.05, 4.69) is 207 Å². The highest BCUT2D eigenvalue weighted by atomic mass is 15.0. The topological polar surface area (TPSA) is 54.5 Å². The molecule has 63 heavy (non-hydrogen) atoms. The Kier molecular flexibility index (Phi) is 8.38. The lowest BCUT2D eigenvalue weighted by molar-refractivity contribution is 0.662. The maximum atomic E-state index is 4.92. The highest BCUT2D eigenvalue weighted by molar-refractivity contribution is 6.15. The van der Waals surface area contributed by atoms with Crippen LogP contribution >= 0.6 is 0 Å². The van der Waals surface area contributed by atoms with Crippen LogP contribution < -0.4 is 0 Å². The molecule has 1 aliphatic rings. The van der Waals surface area contributed by atoms with Gasteiger partial charge in [-0.05, 0) is 103 Å². The third kappa shape index (κ3) is 6.17. The summed E-state index contributed by atoms with van der Waals surface area (Å²) in [5.41, 5.74) is 19.0. The first-order chi connectivity index (χ1) is 30.9. The molecule has 12 rings (SSSR count). The van der Waals surface area contributed by atoms with Crippen LogP contribution in [0, 0.1) is 6.92 Å². The van der Waals surface area contributed by atoms with Gasteiger partial charge in [-0.15, -0.1) is 0 Å². The Bertz CT molecular complexity index is 3580. The number of H-pyrrole nitrogens is 1. The number of nitrogens with one attached hydrogen (secondary N) is 1. The monoisotopic (exact) mass is 806 g/mol. The smallest absolute Gasteiger partial charge is 0.163 e. The van der Waals surface area contributed by atoms with Crippen molar-refractivity contribution in [3.8, 4) is 78.4 Å². The molecular weight excluding hydrogens is 765 g/mol. The van der Waals surface area contributed by atoms with Crippen molar-refractivity contribution in [3.63, 3.8) is 0 Å². The number of aryl methyl sites for hydroxylation is 1. The van der Waals surface area contributed by atoms with Gasteiger partial charge in [0.15, 0.2) is 11.6 Å². The van der Waals surface area contributed by atoms with Crippen molar-refractivity contribution in [2.75, 3.05) is 0 Å². The average molecular weight is 807 g/mol. The Hall–Kier alpha value is -7.95. The third-order valence-corrected chi connectivity index (χ3v) is 13.1. The molecule has 4 heteroatoms. The minimum absolute atomic E-state index is 0.183. The van der Waals surface area contributed by atoms with E-state index in [4.69, 9.17) is 15.0 Å². The second kappa shape index (κ2) is 14.3. The molecule has 0 saturated heterocycles. The van der Waals surface area contributed by atoms with Gasteiger partial charge in [-0.25, -0.2) is 15.0 Å². The molecule has 0 bridgehead atoms. The van der Waals surface area contributed by atoms with Crippen LogP contribution in [-0.4, -0.2) is 19.9 Å². The van der Waals surface area contributed by atoms with Crippen LogP contribution in [0.5, 0.6) is 0 Å². The van der Waals surface area contributed by atoms with E-state index < -0.39 is 0 Å². The van der Waals surface area contributed by atoms with Crippen molar-refractivity contribution in [1.82, 2.24) is 19.9 Å². The van der Waals surface area contributed by atoms with Gasteiger partial charge in [-0.2, -0.15) is 0 Å². The van der Waals surface area contributed by atoms with E-state index in [9.17, 15) is 0 Å². The van der Waals surface area contributed by atoms with Gasteiger partial charge >= 0.3 is 0 Å². The van der Waals surface area contributed by atoms with Crippen LogP contribution in [0.1, 0.15) is 30.8 Å². The Balaban J connectivity index is 0.856. The molecule has 0 atom stereocenters. The number of rotatable bonds is 6. The molecule has 0 radical (unpaired) electrons. The van der Waals surface area contributed by atoms with Crippen LogP contribution in [0.15, 0.2) is 194 Å². The number of hydrogen-bond donors (Lipinski definition) is 1. The van der Waals surface area contributed by atoms with E-state index >= 15 is 0 Å². The first kappa shape index (κ1) is 36.9. The number of aromatic amines is 1. The molecule has 0 aliphatic heterocycles. The molecule has 0 spiro atoms. The van der Waals surface area contributed by atoms with Crippen LogP contribution in [-0.2, 0) is 5.41 Å². The van der Waals surface area contributed by atoms with Gasteiger partial charge < -0.3 is 4.98 Å². The fourth-order valence-electron chi connectivity index (χ4n) is 10.0. The highest BCUT2D eigenvalue weighted by Gasteiger charge is 2.38. The summed E-state index contributed by atoms with van der Waals surface area (Å²) in [5, 5.41) is 5.02. The van der Waals surface area contributed by atoms with Gasteiger partial charge in [-0.3, -0.25) is 0 Å². The van der Waals surface area contributed by atoms with Gasteiger partial charge in [0.1, 0.15) is 5.82 Å². The second-order valence-corrected chi connectivity index (χ2v) is 17.3. The molecule has 2 heterocycles. The maximum Gasteiger partial charge on any atom is 0.163 e. The number of nitrogens with zero attached hydrogens (tertiary/aromatic N) is 3. The van der Waals surface area contributed by atoms with Crippen molar-refractivity contribution in [1.29, 1.82) is 0 Å². The van der Waals surface area contributed by atoms with E-state index in [-0.39, 0.29) is 5.41 Å². The number of benzene rings is 9.